The summed E-state index contributed by atoms with van der Waals surface area (Å²) >= 11 is 0. The lowest BCUT2D eigenvalue weighted by Gasteiger charge is -2.62. The van der Waals surface area contributed by atoms with E-state index >= 15 is 0 Å². The number of hydroxylamine groups is 4. The number of nitrogens with one attached hydrogen (secondary N) is 3. The zero-order valence-electron chi connectivity index (χ0n) is 59.5. The average molecular weight is 1330 g/mol. The number of aliphatic hydroxyl groups excluding tert-OH is 1. The molecule has 0 radical (unpaired) electrons. The summed E-state index contributed by atoms with van der Waals surface area (Å²) in [7, 11) is 12.5. The Bertz CT molecular complexity index is 3550. The number of hydrogen-bond acceptors (Lipinski definition) is 18. The Morgan fingerprint density at radius 2 is 1.12 bits per heavy atom. The van der Waals surface area contributed by atoms with Crippen molar-refractivity contribution in [2.45, 2.75) is 164 Å². The van der Waals surface area contributed by atoms with Crippen molar-refractivity contribution in [2.75, 3.05) is 72.5 Å². The minimum absolute atomic E-state index is 0.00445. The molecule has 2 aliphatic heterocycles. The average Bonchev–Trinajstić information content (AvgIpc) is 0.878. The lowest BCUT2D eigenvalue weighted by atomic mass is 9.45. The number of anilines is 2. The highest BCUT2D eigenvalue weighted by Gasteiger charge is 2.60. The Morgan fingerprint density at radius 3 is 1.54 bits per heavy atom. The van der Waals surface area contributed by atoms with E-state index in [-0.39, 0.29) is 78.5 Å². The van der Waals surface area contributed by atoms with Crippen molar-refractivity contribution in [3.8, 4) is 33.8 Å². The van der Waals surface area contributed by atoms with Crippen molar-refractivity contribution >= 4 is 52.6 Å². The molecule has 0 spiro atoms. The number of Topliss-reactive ketones (excluding diaryl/α,β-unsaturated/α-hetero) is 2. The van der Waals surface area contributed by atoms with Gasteiger partial charge in [0.05, 0.1) is 45.8 Å². The zero-order valence-corrected chi connectivity index (χ0v) is 59.5. The van der Waals surface area contributed by atoms with Crippen LogP contribution in [0.15, 0.2) is 72.8 Å². The molecule has 21 heteroatoms. The van der Waals surface area contributed by atoms with Gasteiger partial charge in [0.2, 0.25) is 11.8 Å². The van der Waals surface area contributed by atoms with Crippen LogP contribution in [0.1, 0.15) is 140 Å². The van der Waals surface area contributed by atoms with E-state index in [1.54, 1.807) is 33.3 Å². The summed E-state index contributed by atoms with van der Waals surface area (Å²) < 4.78 is 23.1. The summed E-state index contributed by atoms with van der Waals surface area (Å²) in [5.74, 6) is 0.649. The first-order valence-electron chi connectivity index (χ1n) is 34.0. The highest BCUT2D eigenvalue weighted by Crippen LogP contribution is 2.62. The van der Waals surface area contributed by atoms with Crippen molar-refractivity contribution in [1.29, 1.82) is 0 Å². The molecule has 96 heavy (non-hydrogen) atoms. The standard InChI is InChI=1S/C40H55N3O8.C35H48N4O6/c1-11-34(46)28-15-27(16-30(17-28)42(8)9)31-14-12-13-26(38(31)48-10)20-43-37(36(23(3)50-25(5)45)35(51-43)21-49-24(4)44)39(47)41-33-19-29-18-32(22(33)2)40(29,6)7;1-19-27-15-24(35(27,3)4)16-28(19)37-34(43)31-30(20(2)41)29(18-40)45-39(31)17-21-10-9-11-26(32(21)44-8)22-12-23(33(42)36-5)14-25(13-22)38(6)7/h12-17,22-23,29,32-33,35-37H,11,18-21H2,1-10H3,(H,41,47);9-14,19,24,27-31,40H,15-18H2,1-8H3,(H,36,42)(H,37,43)/t22-,23-,29+,32-,33-,35-,36+,37-;19-,24+,27-,28-,29-,30+,31-/m00/s1. The second-order valence-corrected chi connectivity index (χ2v) is 29.2. The number of amides is 3. The predicted octanol–water partition coefficient (Wildman–Crippen LogP) is 9.48. The van der Waals surface area contributed by atoms with Gasteiger partial charge in [0, 0.05) is 112 Å². The molecule has 522 valence electrons. The fourth-order valence-electron chi connectivity index (χ4n) is 16.7. The Balaban J connectivity index is 0.000000227. The molecule has 0 unspecified atom stereocenters. The summed E-state index contributed by atoms with van der Waals surface area (Å²) in [5, 5.41) is 22.7. The van der Waals surface area contributed by atoms with Gasteiger partial charge in [-0.2, -0.15) is 10.1 Å². The van der Waals surface area contributed by atoms with Crippen LogP contribution in [0.25, 0.3) is 22.3 Å². The van der Waals surface area contributed by atoms with Gasteiger partial charge in [-0.05, 0) is 133 Å². The van der Waals surface area contributed by atoms with Gasteiger partial charge in [-0.1, -0.05) is 84.9 Å². The number of benzene rings is 4. The van der Waals surface area contributed by atoms with Crippen molar-refractivity contribution in [3.63, 3.8) is 0 Å². The summed E-state index contributed by atoms with van der Waals surface area (Å²) in [4.78, 5) is 108. The van der Waals surface area contributed by atoms with Crippen LogP contribution in [0.3, 0.4) is 0 Å². The number of esters is 2. The highest BCUT2D eigenvalue weighted by molar-refractivity contribution is 5.99. The van der Waals surface area contributed by atoms with Gasteiger partial charge in [-0.25, -0.2) is 0 Å². The Kier molecular flexibility index (Phi) is 22.6. The van der Waals surface area contributed by atoms with Gasteiger partial charge in [0.1, 0.15) is 54.3 Å². The third-order valence-corrected chi connectivity index (χ3v) is 22.5. The van der Waals surface area contributed by atoms with Gasteiger partial charge in [0.15, 0.2) is 5.78 Å². The summed E-state index contributed by atoms with van der Waals surface area (Å²) in [5.41, 5.74) is 8.02. The molecular weight excluding hydrogens is 1220 g/mol. The number of para-hydroxylation sites is 2. The number of ketones is 2. The number of carbonyl (C=O) groups excluding carboxylic acids is 7. The van der Waals surface area contributed by atoms with Gasteiger partial charge in [-0.15, -0.1) is 0 Å². The second-order valence-electron chi connectivity index (χ2n) is 29.2. The largest absolute Gasteiger partial charge is 0.496 e. The van der Waals surface area contributed by atoms with Gasteiger partial charge in [-0.3, -0.25) is 43.2 Å². The van der Waals surface area contributed by atoms with Crippen molar-refractivity contribution in [2.24, 2.45) is 58.2 Å². The molecule has 4 bridgehead atoms. The molecule has 6 aliphatic carbocycles. The van der Waals surface area contributed by atoms with Gasteiger partial charge in [0.25, 0.3) is 5.91 Å². The number of hydrogen-bond donors (Lipinski definition) is 4. The van der Waals surface area contributed by atoms with Crippen LogP contribution in [0, 0.1) is 58.2 Å². The Morgan fingerprint density at radius 1 is 0.656 bits per heavy atom. The molecule has 12 rings (SSSR count). The predicted molar refractivity (Wildman–Crippen MR) is 367 cm³/mol. The zero-order chi connectivity index (χ0) is 70.2. The number of carbonyl (C=O) groups is 7. The van der Waals surface area contributed by atoms with E-state index in [0.717, 1.165) is 57.6 Å². The van der Waals surface area contributed by atoms with Gasteiger partial charge >= 0.3 is 11.9 Å². The molecule has 2 saturated heterocycles. The highest BCUT2D eigenvalue weighted by atomic mass is 16.7. The maximum Gasteiger partial charge on any atom is 0.302 e. The van der Waals surface area contributed by atoms with E-state index in [1.165, 1.54) is 38.7 Å². The van der Waals surface area contributed by atoms with Crippen molar-refractivity contribution < 1.29 is 67.3 Å². The van der Waals surface area contributed by atoms with Crippen LogP contribution < -0.4 is 35.2 Å². The number of aliphatic hydroxyl groups is 1. The van der Waals surface area contributed by atoms with Crippen LogP contribution in [0.2, 0.25) is 0 Å². The summed E-state index contributed by atoms with van der Waals surface area (Å²) in [6, 6.07) is 21.1. The molecule has 6 saturated carbocycles. The van der Waals surface area contributed by atoms with Gasteiger partial charge < -0.3 is 49.8 Å². The maximum atomic E-state index is 14.6. The SMILES string of the molecule is CCC(=O)c1cc(-c2cccc(CN3O[C@@H](COC(C)=O)[C@@H]([C@H](C)OC(C)=O)[C@H]3C(=O)N[C@H]3C[C@H]4C[C@@H]([C@@H]3C)C4(C)C)c2OC)cc(N(C)C)c1.CNC(=O)c1cc(-c2cccc(CN3O[C@@H](CO)[C@@H](C(C)=O)[C@H]3C(=O)N[C@H]3C[C@H]4C[C@@H]([C@@H]3C)C4(C)C)c2OC)cc(N(C)C)c1. The fourth-order valence-corrected chi connectivity index (χ4v) is 16.7. The van der Waals surface area contributed by atoms with Crippen LogP contribution in [0.5, 0.6) is 11.5 Å². The molecule has 15 atom stereocenters. The third-order valence-electron chi connectivity index (χ3n) is 22.5. The number of methoxy groups -OCH3 is 2. The fraction of sp³-hybridized carbons (Fsp3) is 0.587. The molecule has 21 nitrogen and oxygen atoms in total. The molecule has 8 fully saturated rings. The molecule has 0 aromatic heterocycles. The molecule has 4 aromatic carbocycles. The monoisotopic (exact) mass is 1330 g/mol. The van der Waals surface area contributed by atoms with E-state index in [4.69, 9.17) is 28.6 Å². The molecule has 4 N–H and O–H groups in total. The lowest BCUT2D eigenvalue weighted by molar-refractivity contribution is -0.189. The smallest absolute Gasteiger partial charge is 0.302 e. The number of nitrogens with zero attached hydrogens (tertiary/aromatic N) is 4. The molecule has 3 amide bonds. The van der Waals surface area contributed by atoms with Crippen LogP contribution >= 0.6 is 0 Å². The topological polar surface area (TPSA) is 244 Å². The lowest BCUT2D eigenvalue weighted by Crippen LogP contribution is -2.62. The third kappa shape index (κ3) is 14.7. The summed E-state index contributed by atoms with van der Waals surface area (Å²) in [6.45, 7) is 21.2. The molecule has 4 aromatic rings. The number of fused-ring (bicyclic) bond motifs is 4. The molecule has 8 aliphatic rings. The first-order valence-corrected chi connectivity index (χ1v) is 34.0. The Hall–Kier alpha value is -7.43. The van der Waals surface area contributed by atoms with E-state index in [1.807, 2.05) is 118 Å². The minimum Gasteiger partial charge on any atom is -0.496 e. The first kappa shape index (κ1) is 72.8. The number of rotatable bonds is 23. The molecular formula is C75H103N7O14. The normalized spacial score (nSPS) is 27.8. The Labute approximate surface area is 566 Å². The van der Waals surface area contributed by atoms with Crippen LogP contribution in [0.4, 0.5) is 11.4 Å². The van der Waals surface area contributed by atoms with E-state index in [0.29, 0.717) is 64.6 Å². The van der Waals surface area contributed by atoms with E-state index < -0.39 is 54.2 Å². The van der Waals surface area contributed by atoms with E-state index in [9.17, 15) is 38.7 Å². The van der Waals surface area contributed by atoms with E-state index in [2.05, 4.69) is 57.5 Å². The maximum absolute atomic E-state index is 14.6. The van der Waals surface area contributed by atoms with Crippen molar-refractivity contribution in [3.05, 3.63) is 95.1 Å². The first-order chi connectivity index (χ1) is 45.4. The minimum atomic E-state index is -0.914. The van der Waals surface area contributed by atoms with Crippen molar-refractivity contribution in [1.82, 2.24) is 26.1 Å². The quantitative estimate of drug-likeness (QED) is 0.0399. The number of ether oxygens (including phenoxy) is 4. The van der Waals surface area contributed by atoms with Crippen LogP contribution in [-0.2, 0) is 56.2 Å². The second kappa shape index (κ2) is 29.7. The van der Waals surface area contributed by atoms with Crippen LogP contribution in [-0.4, -0.2) is 162 Å². The summed E-state index contributed by atoms with van der Waals surface area (Å²) in [6.07, 6.45) is 2.24. The molecule has 2 heterocycles.